The average molecular weight is 274 g/mol. The Bertz CT molecular complexity index is 552. The number of aromatic nitrogens is 3. The fraction of sp³-hybridized carbons (Fsp3) is 0.467. The first kappa shape index (κ1) is 14.5. The highest BCUT2D eigenvalue weighted by molar-refractivity contribution is 5.33. The third-order valence-electron chi connectivity index (χ3n) is 3.49. The van der Waals surface area contributed by atoms with Crippen molar-refractivity contribution in [3.63, 3.8) is 0 Å². The molecule has 0 aliphatic rings. The fourth-order valence-electron chi connectivity index (χ4n) is 2.18. The number of ether oxygens (including phenoxy) is 1. The SMILES string of the molecule is COc1ccccc1C[C@H](C)N(C)Cc1n[nH]c(C)n1. The minimum atomic E-state index is 0.380. The number of likely N-dealkylation sites (N-methyl/N-ethyl adjacent to an activating group) is 1. The molecule has 0 saturated carbocycles. The number of methoxy groups -OCH3 is 1. The monoisotopic (exact) mass is 274 g/mol. The molecule has 5 heteroatoms. The van der Waals surface area contributed by atoms with Crippen molar-refractivity contribution in [1.82, 2.24) is 20.1 Å². The number of hydrogen-bond donors (Lipinski definition) is 1. The lowest BCUT2D eigenvalue weighted by Crippen LogP contribution is -2.31. The predicted octanol–water partition coefficient (Wildman–Crippen LogP) is 2.18. The van der Waals surface area contributed by atoms with Gasteiger partial charge in [0.05, 0.1) is 13.7 Å². The lowest BCUT2D eigenvalue weighted by atomic mass is 10.1. The molecule has 0 aliphatic heterocycles. The van der Waals surface area contributed by atoms with Crippen LogP contribution in [0, 0.1) is 6.92 Å². The third kappa shape index (κ3) is 3.57. The lowest BCUT2D eigenvalue weighted by molar-refractivity contribution is 0.241. The molecule has 5 nitrogen and oxygen atoms in total. The van der Waals surface area contributed by atoms with Crippen molar-refractivity contribution >= 4 is 0 Å². The summed E-state index contributed by atoms with van der Waals surface area (Å²) in [5.41, 5.74) is 1.22. The Balaban J connectivity index is 1.98. The first-order valence-corrected chi connectivity index (χ1v) is 6.80. The van der Waals surface area contributed by atoms with E-state index in [0.29, 0.717) is 6.04 Å². The summed E-state index contributed by atoms with van der Waals surface area (Å²) >= 11 is 0. The van der Waals surface area contributed by atoms with Gasteiger partial charge in [0.2, 0.25) is 0 Å². The van der Waals surface area contributed by atoms with Crippen molar-refractivity contribution in [2.24, 2.45) is 0 Å². The van der Waals surface area contributed by atoms with Gasteiger partial charge in [-0.3, -0.25) is 10.00 Å². The summed E-state index contributed by atoms with van der Waals surface area (Å²) < 4.78 is 5.40. The molecule has 108 valence electrons. The molecule has 0 aliphatic carbocycles. The molecule has 0 fully saturated rings. The van der Waals surface area contributed by atoms with Gasteiger partial charge in [-0.2, -0.15) is 5.10 Å². The van der Waals surface area contributed by atoms with Gasteiger partial charge in [-0.1, -0.05) is 18.2 Å². The summed E-state index contributed by atoms with van der Waals surface area (Å²) in [6, 6.07) is 8.53. The molecule has 2 aromatic rings. The maximum absolute atomic E-state index is 5.40. The Hall–Kier alpha value is -1.88. The molecule has 0 amide bonds. The van der Waals surface area contributed by atoms with Crippen molar-refractivity contribution < 1.29 is 4.74 Å². The van der Waals surface area contributed by atoms with Crippen molar-refractivity contribution in [2.75, 3.05) is 14.2 Å². The van der Waals surface area contributed by atoms with Crippen molar-refractivity contribution in [3.05, 3.63) is 41.5 Å². The average Bonchev–Trinajstić information content (AvgIpc) is 2.84. The number of rotatable bonds is 6. The molecule has 20 heavy (non-hydrogen) atoms. The van der Waals surface area contributed by atoms with Gasteiger partial charge in [0, 0.05) is 6.04 Å². The van der Waals surface area contributed by atoms with E-state index < -0.39 is 0 Å². The highest BCUT2D eigenvalue weighted by atomic mass is 16.5. The summed E-state index contributed by atoms with van der Waals surface area (Å²) in [5, 5.41) is 7.05. The Morgan fingerprint density at radius 2 is 2.10 bits per heavy atom. The van der Waals surface area contributed by atoms with E-state index in [-0.39, 0.29) is 0 Å². The Morgan fingerprint density at radius 3 is 2.75 bits per heavy atom. The number of aromatic amines is 1. The maximum atomic E-state index is 5.40. The molecule has 0 saturated heterocycles. The highest BCUT2D eigenvalue weighted by Crippen LogP contribution is 2.20. The number of H-pyrrole nitrogens is 1. The van der Waals surface area contributed by atoms with Crippen molar-refractivity contribution in [2.45, 2.75) is 32.9 Å². The minimum absolute atomic E-state index is 0.380. The van der Waals surface area contributed by atoms with E-state index >= 15 is 0 Å². The van der Waals surface area contributed by atoms with Crippen molar-refractivity contribution in [1.29, 1.82) is 0 Å². The molecule has 1 aromatic carbocycles. The van der Waals surface area contributed by atoms with E-state index in [9.17, 15) is 0 Å². The van der Waals surface area contributed by atoms with Crippen LogP contribution in [0.2, 0.25) is 0 Å². The van der Waals surface area contributed by atoms with Crippen LogP contribution in [0.4, 0.5) is 0 Å². The topological polar surface area (TPSA) is 54.0 Å². The zero-order chi connectivity index (χ0) is 14.5. The van der Waals surface area contributed by atoms with Crippen LogP contribution < -0.4 is 4.74 Å². The molecule has 0 bridgehead atoms. The predicted molar refractivity (Wildman–Crippen MR) is 78.7 cm³/mol. The second-order valence-corrected chi connectivity index (χ2v) is 5.12. The molecule has 1 atom stereocenters. The number of benzene rings is 1. The van der Waals surface area contributed by atoms with Gasteiger partial charge in [0.1, 0.15) is 11.6 Å². The van der Waals surface area contributed by atoms with E-state index in [4.69, 9.17) is 4.74 Å². The van der Waals surface area contributed by atoms with Crippen molar-refractivity contribution in [3.8, 4) is 5.75 Å². The van der Waals surface area contributed by atoms with Crippen LogP contribution in [0.1, 0.15) is 24.1 Å². The molecule has 1 aromatic heterocycles. The van der Waals surface area contributed by atoms with E-state index in [1.807, 2.05) is 25.1 Å². The zero-order valence-electron chi connectivity index (χ0n) is 12.6. The molecular weight excluding hydrogens is 252 g/mol. The normalized spacial score (nSPS) is 12.7. The molecule has 1 N–H and O–H groups in total. The van der Waals surface area contributed by atoms with Gasteiger partial charge >= 0.3 is 0 Å². The lowest BCUT2D eigenvalue weighted by Gasteiger charge is -2.24. The van der Waals surface area contributed by atoms with Crippen LogP contribution in [0.15, 0.2) is 24.3 Å². The standard InChI is InChI=1S/C15H22N4O/c1-11(9-13-7-5-6-8-14(13)20-4)19(3)10-15-16-12(2)17-18-15/h5-8,11H,9-10H2,1-4H3,(H,16,17,18)/t11-/m0/s1. The van der Waals surface area contributed by atoms with Gasteiger partial charge in [-0.25, -0.2) is 4.98 Å². The second kappa shape index (κ2) is 6.52. The van der Waals surface area contributed by atoms with Crippen LogP contribution in [0.25, 0.3) is 0 Å². The second-order valence-electron chi connectivity index (χ2n) is 5.12. The van der Waals surface area contributed by atoms with Crippen LogP contribution in [-0.2, 0) is 13.0 Å². The first-order valence-electron chi connectivity index (χ1n) is 6.80. The van der Waals surface area contributed by atoms with Crippen LogP contribution in [0.5, 0.6) is 5.75 Å². The number of aryl methyl sites for hydroxylation is 1. The number of para-hydroxylation sites is 1. The summed E-state index contributed by atoms with van der Waals surface area (Å²) in [6.45, 7) is 4.85. The van der Waals surface area contributed by atoms with Gasteiger partial charge < -0.3 is 4.74 Å². The third-order valence-corrected chi connectivity index (χ3v) is 3.49. The number of hydrogen-bond acceptors (Lipinski definition) is 4. The zero-order valence-corrected chi connectivity index (χ0v) is 12.6. The molecule has 0 unspecified atom stereocenters. The number of nitrogens with one attached hydrogen (secondary N) is 1. The Morgan fingerprint density at radius 1 is 1.35 bits per heavy atom. The van der Waals surface area contributed by atoms with Crippen LogP contribution >= 0.6 is 0 Å². The fourth-order valence-corrected chi connectivity index (χ4v) is 2.18. The summed E-state index contributed by atoms with van der Waals surface area (Å²) in [6.07, 6.45) is 0.934. The summed E-state index contributed by atoms with van der Waals surface area (Å²) in [5.74, 6) is 2.63. The van der Waals surface area contributed by atoms with E-state index in [1.54, 1.807) is 7.11 Å². The molecule has 1 heterocycles. The summed E-state index contributed by atoms with van der Waals surface area (Å²) in [4.78, 5) is 6.59. The number of nitrogens with zero attached hydrogens (tertiary/aromatic N) is 3. The van der Waals surface area contributed by atoms with Gasteiger partial charge in [0.15, 0.2) is 5.82 Å². The molecule has 0 radical (unpaired) electrons. The Labute approximate surface area is 120 Å². The van der Waals surface area contributed by atoms with Crippen LogP contribution in [0.3, 0.4) is 0 Å². The Kier molecular flexibility index (Phi) is 4.74. The molecule has 2 rings (SSSR count). The van der Waals surface area contributed by atoms with Gasteiger partial charge in [0.25, 0.3) is 0 Å². The van der Waals surface area contributed by atoms with E-state index in [2.05, 4.69) is 40.1 Å². The van der Waals surface area contributed by atoms with E-state index in [1.165, 1.54) is 5.56 Å². The van der Waals surface area contributed by atoms with E-state index in [0.717, 1.165) is 30.4 Å². The minimum Gasteiger partial charge on any atom is -0.496 e. The summed E-state index contributed by atoms with van der Waals surface area (Å²) in [7, 11) is 3.80. The van der Waals surface area contributed by atoms with Crippen LogP contribution in [-0.4, -0.2) is 40.3 Å². The van der Waals surface area contributed by atoms with Gasteiger partial charge in [-0.05, 0) is 38.9 Å². The first-order chi connectivity index (χ1) is 9.60. The largest absolute Gasteiger partial charge is 0.496 e. The molecular formula is C15H22N4O. The smallest absolute Gasteiger partial charge is 0.164 e. The highest BCUT2D eigenvalue weighted by Gasteiger charge is 2.14. The quantitative estimate of drug-likeness (QED) is 0.877. The van der Waals surface area contributed by atoms with Gasteiger partial charge in [-0.15, -0.1) is 0 Å². The molecule has 0 spiro atoms. The maximum Gasteiger partial charge on any atom is 0.164 e.